The first kappa shape index (κ1) is 12.4. The first-order valence-corrected chi connectivity index (χ1v) is 6.98. The highest BCUT2D eigenvalue weighted by Gasteiger charge is 2.27. The summed E-state index contributed by atoms with van der Waals surface area (Å²) in [5.41, 5.74) is 11.0. The van der Waals surface area contributed by atoms with Crippen LogP contribution in [-0.4, -0.2) is 15.6 Å². The van der Waals surface area contributed by atoms with E-state index in [-0.39, 0.29) is 6.04 Å². The Kier molecular flexibility index (Phi) is 2.94. The fraction of sp³-hybridized carbons (Fsp3) is 0.438. The van der Waals surface area contributed by atoms with Gasteiger partial charge in [-0.2, -0.15) is 0 Å². The molecule has 1 aromatic heterocycles. The molecule has 3 nitrogen and oxygen atoms in total. The predicted molar refractivity (Wildman–Crippen MR) is 78.1 cm³/mol. The van der Waals surface area contributed by atoms with Crippen LogP contribution in [0.2, 0.25) is 0 Å². The van der Waals surface area contributed by atoms with E-state index in [4.69, 9.17) is 10.7 Å². The molecule has 0 aliphatic carbocycles. The second-order valence-electron chi connectivity index (χ2n) is 5.64. The lowest BCUT2D eigenvalue weighted by molar-refractivity contribution is 0.363. The highest BCUT2D eigenvalue weighted by Crippen LogP contribution is 2.31. The van der Waals surface area contributed by atoms with E-state index in [1.54, 1.807) is 0 Å². The first-order chi connectivity index (χ1) is 9.08. The Morgan fingerprint density at radius 2 is 1.89 bits per heavy atom. The number of imidazole rings is 1. The number of hydrogen-bond donors (Lipinski definition) is 1. The van der Waals surface area contributed by atoms with E-state index >= 15 is 0 Å². The molecule has 2 heterocycles. The van der Waals surface area contributed by atoms with Crippen LogP contribution in [0.3, 0.4) is 0 Å². The van der Waals surface area contributed by atoms with Crippen LogP contribution in [0.4, 0.5) is 0 Å². The second kappa shape index (κ2) is 4.49. The maximum absolute atomic E-state index is 6.18. The van der Waals surface area contributed by atoms with Crippen molar-refractivity contribution in [3.63, 3.8) is 0 Å². The summed E-state index contributed by atoms with van der Waals surface area (Å²) >= 11 is 0. The lowest BCUT2D eigenvalue weighted by Gasteiger charge is -2.29. The predicted octanol–water partition coefficient (Wildman–Crippen LogP) is 3.00. The van der Waals surface area contributed by atoms with Gasteiger partial charge in [0.1, 0.15) is 5.82 Å². The molecule has 3 rings (SSSR count). The molecule has 2 unspecified atom stereocenters. The van der Waals surface area contributed by atoms with Gasteiger partial charge in [-0.25, -0.2) is 4.98 Å². The van der Waals surface area contributed by atoms with Crippen molar-refractivity contribution in [1.82, 2.24) is 9.55 Å². The Morgan fingerprint density at radius 3 is 2.58 bits per heavy atom. The summed E-state index contributed by atoms with van der Waals surface area (Å²) in [5.74, 6) is 1.18. The van der Waals surface area contributed by atoms with Crippen LogP contribution in [-0.2, 0) is 6.42 Å². The minimum absolute atomic E-state index is 0.242. The maximum Gasteiger partial charge on any atom is 0.109 e. The summed E-state index contributed by atoms with van der Waals surface area (Å²) in [7, 11) is 0. The molecule has 2 atom stereocenters. The van der Waals surface area contributed by atoms with E-state index in [1.807, 2.05) is 0 Å². The average Bonchev–Trinajstić information content (AvgIpc) is 2.73. The van der Waals surface area contributed by atoms with Crippen molar-refractivity contribution in [1.29, 1.82) is 0 Å². The van der Waals surface area contributed by atoms with Crippen LogP contribution in [0.15, 0.2) is 24.3 Å². The van der Waals surface area contributed by atoms with Crippen LogP contribution in [0, 0.1) is 13.8 Å². The minimum Gasteiger partial charge on any atom is -0.327 e. The van der Waals surface area contributed by atoms with E-state index in [0.717, 1.165) is 18.5 Å². The van der Waals surface area contributed by atoms with Crippen LogP contribution in [0.25, 0.3) is 11.3 Å². The van der Waals surface area contributed by atoms with E-state index < -0.39 is 0 Å². The standard InChI is InChI=1S/C16H21N3/c1-10-4-6-13(7-5-10)16-12(3)19-11(2)14(17)8-9-15(19)18-16/h4-7,11,14H,8-9,17H2,1-3H3. The number of nitrogens with two attached hydrogens (primary N) is 1. The van der Waals surface area contributed by atoms with Gasteiger partial charge in [-0.15, -0.1) is 0 Å². The summed E-state index contributed by atoms with van der Waals surface area (Å²) in [4.78, 5) is 4.84. The fourth-order valence-corrected chi connectivity index (χ4v) is 3.00. The number of aryl methyl sites for hydroxylation is 2. The molecule has 19 heavy (non-hydrogen) atoms. The molecule has 0 amide bonds. The third-order valence-corrected chi connectivity index (χ3v) is 4.28. The first-order valence-electron chi connectivity index (χ1n) is 6.98. The number of fused-ring (bicyclic) bond motifs is 1. The van der Waals surface area contributed by atoms with Gasteiger partial charge in [0.05, 0.1) is 5.69 Å². The third-order valence-electron chi connectivity index (χ3n) is 4.28. The third kappa shape index (κ3) is 1.98. The molecule has 1 aliphatic rings. The molecule has 1 aliphatic heterocycles. The largest absolute Gasteiger partial charge is 0.327 e. The Bertz CT molecular complexity index is 595. The zero-order valence-electron chi connectivity index (χ0n) is 11.9. The van der Waals surface area contributed by atoms with E-state index in [2.05, 4.69) is 49.6 Å². The van der Waals surface area contributed by atoms with Crippen molar-refractivity contribution in [3.8, 4) is 11.3 Å². The molecule has 0 radical (unpaired) electrons. The highest BCUT2D eigenvalue weighted by atomic mass is 15.1. The van der Waals surface area contributed by atoms with E-state index in [0.29, 0.717) is 6.04 Å². The van der Waals surface area contributed by atoms with Crippen molar-refractivity contribution in [2.75, 3.05) is 0 Å². The molecule has 0 bridgehead atoms. The quantitative estimate of drug-likeness (QED) is 0.851. The van der Waals surface area contributed by atoms with Gasteiger partial charge in [0.25, 0.3) is 0 Å². The molecule has 2 N–H and O–H groups in total. The van der Waals surface area contributed by atoms with E-state index in [1.165, 1.54) is 22.6 Å². The summed E-state index contributed by atoms with van der Waals surface area (Å²) < 4.78 is 2.32. The summed E-state index contributed by atoms with van der Waals surface area (Å²) in [6.07, 6.45) is 2.02. The molecular formula is C16H21N3. The molecule has 3 heteroatoms. The summed E-state index contributed by atoms with van der Waals surface area (Å²) in [5, 5.41) is 0. The normalized spacial score (nSPS) is 22.3. The van der Waals surface area contributed by atoms with Crippen molar-refractivity contribution >= 4 is 0 Å². The van der Waals surface area contributed by atoms with Gasteiger partial charge in [0.15, 0.2) is 0 Å². The van der Waals surface area contributed by atoms with E-state index in [9.17, 15) is 0 Å². The number of benzene rings is 1. The van der Waals surface area contributed by atoms with Crippen LogP contribution in [0.5, 0.6) is 0 Å². The zero-order chi connectivity index (χ0) is 13.6. The molecular weight excluding hydrogens is 234 g/mol. The molecule has 0 saturated carbocycles. The molecule has 0 spiro atoms. The SMILES string of the molecule is Cc1ccc(-c2nc3n(c2C)C(C)C(N)CC3)cc1. The van der Waals surface area contributed by atoms with Crippen LogP contribution >= 0.6 is 0 Å². The average molecular weight is 255 g/mol. The van der Waals surface area contributed by atoms with Crippen molar-refractivity contribution in [2.24, 2.45) is 5.73 Å². The fourth-order valence-electron chi connectivity index (χ4n) is 3.00. The van der Waals surface area contributed by atoms with Crippen molar-refractivity contribution < 1.29 is 0 Å². The molecule has 0 saturated heterocycles. The number of rotatable bonds is 1. The Labute approximate surface area is 114 Å². The number of nitrogens with zero attached hydrogens (tertiary/aromatic N) is 2. The number of aromatic nitrogens is 2. The van der Waals surface area contributed by atoms with Gasteiger partial charge in [-0.05, 0) is 27.2 Å². The van der Waals surface area contributed by atoms with Crippen molar-refractivity contribution in [2.45, 2.75) is 45.7 Å². The van der Waals surface area contributed by atoms with Crippen LogP contribution < -0.4 is 5.73 Å². The zero-order valence-corrected chi connectivity index (χ0v) is 11.9. The lowest BCUT2D eigenvalue weighted by Crippen LogP contribution is -2.36. The summed E-state index contributed by atoms with van der Waals surface area (Å²) in [6, 6.07) is 9.18. The lowest BCUT2D eigenvalue weighted by atomic mass is 10.0. The smallest absolute Gasteiger partial charge is 0.109 e. The van der Waals surface area contributed by atoms with Gasteiger partial charge in [0, 0.05) is 29.8 Å². The Balaban J connectivity index is 2.10. The molecule has 2 aromatic rings. The van der Waals surface area contributed by atoms with Gasteiger partial charge >= 0.3 is 0 Å². The second-order valence-corrected chi connectivity index (χ2v) is 5.64. The Morgan fingerprint density at radius 1 is 1.21 bits per heavy atom. The molecule has 1 aromatic carbocycles. The minimum atomic E-state index is 0.242. The monoisotopic (exact) mass is 255 g/mol. The Hall–Kier alpha value is -1.61. The molecule has 100 valence electrons. The van der Waals surface area contributed by atoms with Gasteiger partial charge in [0.2, 0.25) is 0 Å². The summed E-state index contributed by atoms with van der Waals surface area (Å²) in [6.45, 7) is 6.46. The van der Waals surface area contributed by atoms with Gasteiger partial charge in [-0.3, -0.25) is 0 Å². The van der Waals surface area contributed by atoms with Gasteiger partial charge < -0.3 is 10.3 Å². The number of hydrogen-bond acceptors (Lipinski definition) is 2. The topological polar surface area (TPSA) is 43.8 Å². The van der Waals surface area contributed by atoms with Crippen molar-refractivity contribution in [3.05, 3.63) is 41.3 Å². The van der Waals surface area contributed by atoms with Gasteiger partial charge in [-0.1, -0.05) is 29.8 Å². The van der Waals surface area contributed by atoms with Crippen LogP contribution in [0.1, 0.15) is 36.5 Å². The molecule has 0 fully saturated rings. The highest BCUT2D eigenvalue weighted by molar-refractivity contribution is 5.62. The maximum atomic E-state index is 6.18.